The summed E-state index contributed by atoms with van der Waals surface area (Å²) >= 11 is 5.97. The summed E-state index contributed by atoms with van der Waals surface area (Å²) in [6.07, 6.45) is 1.45. The van der Waals surface area contributed by atoms with Crippen LogP contribution < -0.4 is 10.6 Å². The highest BCUT2D eigenvalue weighted by atomic mass is 35.5. The second-order valence-electron chi connectivity index (χ2n) is 6.27. The third kappa shape index (κ3) is 4.14. The van der Waals surface area contributed by atoms with Gasteiger partial charge in [0.2, 0.25) is 11.7 Å². The molecule has 0 saturated carbocycles. The molecule has 2 aromatic carbocycles. The van der Waals surface area contributed by atoms with E-state index >= 15 is 0 Å². The van der Waals surface area contributed by atoms with E-state index in [1.807, 2.05) is 32.0 Å². The van der Waals surface area contributed by atoms with Crippen molar-refractivity contribution in [1.29, 1.82) is 0 Å². The molecule has 5 nitrogen and oxygen atoms in total. The highest BCUT2D eigenvalue weighted by molar-refractivity contribution is 6.31. The third-order valence-electron chi connectivity index (χ3n) is 4.49. The summed E-state index contributed by atoms with van der Waals surface area (Å²) in [6, 6.07) is 14.1. The summed E-state index contributed by atoms with van der Waals surface area (Å²) in [5.41, 5.74) is 1.47. The number of para-hydroxylation sites is 1. The van der Waals surface area contributed by atoms with Crippen LogP contribution in [0.25, 0.3) is 11.0 Å². The third-order valence-corrected chi connectivity index (χ3v) is 4.72. The Kier molecular flexibility index (Phi) is 5.81. The molecule has 6 heteroatoms. The molecule has 0 atom stereocenters. The Morgan fingerprint density at radius 2 is 1.78 bits per heavy atom. The number of carbonyl (C=O) groups excluding carboxylic acids is 2. The van der Waals surface area contributed by atoms with Crippen LogP contribution in [0.15, 0.2) is 52.9 Å². The lowest BCUT2D eigenvalue weighted by atomic mass is 10.0. The smallest absolute Gasteiger partial charge is 0.293 e. The molecule has 1 heterocycles. The fraction of sp³-hybridized carbons (Fsp3) is 0.238. The number of anilines is 2. The average molecular weight is 385 g/mol. The quantitative estimate of drug-likeness (QED) is 0.571. The van der Waals surface area contributed by atoms with Gasteiger partial charge in [-0.3, -0.25) is 9.59 Å². The number of rotatable bonds is 6. The van der Waals surface area contributed by atoms with Gasteiger partial charge in [0, 0.05) is 22.0 Å². The summed E-state index contributed by atoms with van der Waals surface area (Å²) in [4.78, 5) is 25.4. The maximum atomic E-state index is 12.8. The van der Waals surface area contributed by atoms with E-state index in [1.165, 1.54) is 0 Å². The van der Waals surface area contributed by atoms with Crippen molar-refractivity contribution in [3.8, 4) is 0 Å². The van der Waals surface area contributed by atoms with Gasteiger partial charge in [0.1, 0.15) is 11.3 Å². The first kappa shape index (κ1) is 19.0. The van der Waals surface area contributed by atoms with E-state index < -0.39 is 5.91 Å². The standard InChI is InChI=1S/C21H21ClN2O3/c1-3-13(4-2)20(25)24-18-16-10-5-6-11-17(16)27-19(18)21(26)23-15-9-7-8-14(22)12-15/h5-13H,3-4H2,1-2H3,(H,23,26)(H,24,25). The summed E-state index contributed by atoms with van der Waals surface area (Å²) in [5, 5.41) is 6.86. The van der Waals surface area contributed by atoms with E-state index in [1.54, 1.807) is 30.3 Å². The number of amides is 2. The zero-order chi connectivity index (χ0) is 19.4. The van der Waals surface area contributed by atoms with Crippen molar-refractivity contribution in [1.82, 2.24) is 0 Å². The van der Waals surface area contributed by atoms with Crippen molar-refractivity contribution in [2.24, 2.45) is 5.92 Å². The van der Waals surface area contributed by atoms with Crippen LogP contribution in [0, 0.1) is 5.92 Å². The summed E-state index contributed by atoms with van der Waals surface area (Å²) < 4.78 is 5.75. The Hall–Kier alpha value is -2.79. The minimum atomic E-state index is -0.451. The van der Waals surface area contributed by atoms with Crippen molar-refractivity contribution in [3.63, 3.8) is 0 Å². The second kappa shape index (κ2) is 8.27. The number of nitrogens with one attached hydrogen (secondary N) is 2. The molecule has 0 bridgehead atoms. The van der Waals surface area contributed by atoms with E-state index in [9.17, 15) is 9.59 Å². The fourth-order valence-corrected chi connectivity index (χ4v) is 3.16. The maximum Gasteiger partial charge on any atom is 0.293 e. The number of furan rings is 1. The van der Waals surface area contributed by atoms with Gasteiger partial charge in [0.05, 0.1) is 0 Å². The first-order chi connectivity index (χ1) is 13.0. The zero-order valence-corrected chi connectivity index (χ0v) is 16.0. The molecule has 140 valence electrons. The first-order valence-electron chi connectivity index (χ1n) is 8.92. The Morgan fingerprint density at radius 1 is 1.04 bits per heavy atom. The molecule has 0 saturated heterocycles. The van der Waals surface area contributed by atoms with Crippen molar-refractivity contribution >= 4 is 45.8 Å². The summed E-state index contributed by atoms with van der Waals surface area (Å²) in [5.74, 6) is -0.630. The Labute approximate surface area is 162 Å². The second-order valence-corrected chi connectivity index (χ2v) is 6.71. The topological polar surface area (TPSA) is 71.3 Å². The lowest BCUT2D eigenvalue weighted by Crippen LogP contribution is -2.23. The molecule has 2 N–H and O–H groups in total. The Bertz CT molecular complexity index is 976. The minimum absolute atomic E-state index is 0.0653. The van der Waals surface area contributed by atoms with Gasteiger partial charge in [-0.2, -0.15) is 0 Å². The highest BCUT2D eigenvalue weighted by Gasteiger charge is 2.24. The van der Waals surface area contributed by atoms with Crippen LogP contribution in [-0.4, -0.2) is 11.8 Å². The Morgan fingerprint density at radius 3 is 2.48 bits per heavy atom. The van der Waals surface area contributed by atoms with Crippen LogP contribution in [0.2, 0.25) is 5.02 Å². The van der Waals surface area contributed by atoms with E-state index in [4.69, 9.17) is 16.0 Å². The molecule has 0 spiro atoms. The lowest BCUT2D eigenvalue weighted by molar-refractivity contribution is -0.120. The molecule has 0 aliphatic heterocycles. The van der Waals surface area contributed by atoms with Crippen molar-refractivity contribution in [2.75, 3.05) is 10.6 Å². The molecule has 1 aromatic heterocycles. The summed E-state index contributed by atoms with van der Waals surface area (Å²) in [6.45, 7) is 3.93. The molecular formula is C21H21ClN2O3. The van der Waals surface area contributed by atoms with Crippen molar-refractivity contribution in [2.45, 2.75) is 26.7 Å². The molecular weight excluding hydrogens is 364 g/mol. The first-order valence-corrected chi connectivity index (χ1v) is 9.30. The van der Waals surface area contributed by atoms with Crippen LogP contribution in [0.3, 0.4) is 0 Å². The average Bonchev–Trinajstić information content (AvgIpc) is 3.01. The maximum absolute atomic E-state index is 12.8. The van der Waals surface area contributed by atoms with Gasteiger partial charge in [0.25, 0.3) is 5.91 Å². The molecule has 3 aromatic rings. The van der Waals surface area contributed by atoms with E-state index in [0.29, 0.717) is 27.4 Å². The lowest BCUT2D eigenvalue weighted by Gasteiger charge is -2.13. The minimum Gasteiger partial charge on any atom is -0.449 e. The Balaban J connectivity index is 1.96. The van der Waals surface area contributed by atoms with Gasteiger partial charge in [-0.25, -0.2) is 0 Å². The molecule has 0 aliphatic carbocycles. The van der Waals surface area contributed by atoms with Gasteiger partial charge in [-0.1, -0.05) is 43.6 Å². The number of hydrogen-bond donors (Lipinski definition) is 2. The van der Waals surface area contributed by atoms with E-state index in [-0.39, 0.29) is 17.6 Å². The van der Waals surface area contributed by atoms with Crippen LogP contribution in [0.5, 0.6) is 0 Å². The highest BCUT2D eigenvalue weighted by Crippen LogP contribution is 2.32. The van der Waals surface area contributed by atoms with Crippen LogP contribution in [0.1, 0.15) is 37.2 Å². The number of fused-ring (bicyclic) bond motifs is 1. The molecule has 0 radical (unpaired) electrons. The van der Waals surface area contributed by atoms with Crippen molar-refractivity contribution in [3.05, 3.63) is 59.3 Å². The molecule has 3 rings (SSSR count). The zero-order valence-electron chi connectivity index (χ0n) is 15.2. The summed E-state index contributed by atoms with van der Waals surface area (Å²) in [7, 11) is 0. The van der Waals surface area contributed by atoms with Gasteiger partial charge in [-0.15, -0.1) is 0 Å². The fourth-order valence-electron chi connectivity index (χ4n) is 2.97. The molecule has 0 aliphatic rings. The van der Waals surface area contributed by atoms with Crippen LogP contribution >= 0.6 is 11.6 Å². The number of halogens is 1. The molecule has 0 fully saturated rings. The normalized spacial score (nSPS) is 11.0. The predicted octanol–water partition coefficient (Wildman–Crippen LogP) is 5.71. The van der Waals surface area contributed by atoms with E-state index in [2.05, 4.69) is 10.6 Å². The van der Waals surface area contributed by atoms with Crippen molar-refractivity contribution < 1.29 is 14.0 Å². The SMILES string of the molecule is CCC(CC)C(=O)Nc1c(C(=O)Nc2cccc(Cl)c2)oc2ccccc12. The van der Waals surface area contributed by atoms with Gasteiger partial charge >= 0.3 is 0 Å². The number of carbonyl (C=O) groups is 2. The molecule has 27 heavy (non-hydrogen) atoms. The van der Waals surface area contributed by atoms with Gasteiger partial charge in [0.15, 0.2) is 0 Å². The monoisotopic (exact) mass is 384 g/mol. The predicted molar refractivity (Wildman–Crippen MR) is 108 cm³/mol. The van der Waals surface area contributed by atoms with E-state index in [0.717, 1.165) is 12.8 Å². The van der Waals surface area contributed by atoms with Crippen LogP contribution in [-0.2, 0) is 4.79 Å². The largest absolute Gasteiger partial charge is 0.449 e. The van der Waals surface area contributed by atoms with Gasteiger partial charge < -0.3 is 15.1 Å². The number of hydrogen-bond acceptors (Lipinski definition) is 3. The van der Waals surface area contributed by atoms with Gasteiger partial charge in [-0.05, 0) is 43.2 Å². The molecule has 2 amide bonds. The van der Waals surface area contributed by atoms with Crippen LogP contribution in [0.4, 0.5) is 11.4 Å². The molecule has 0 unspecified atom stereocenters. The number of benzene rings is 2.